The molecule has 1 unspecified atom stereocenters. The van der Waals surface area contributed by atoms with Crippen LogP contribution in [0.1, 0.15) is 46.3 Å². The zero-order valence-corrected chi connectivity index (χ0v) is 21.6. The zero-order valence-electron chi connectivity index (χ0n) is 21.6. The first-order valence-corrected chi connectivity index (χ1v) is 12.5. The Morgan fingerprint density at radius 2 is 1.82 bits per heavy atom. The van der Waals surface area contributed by atoms with Crippen LogP contribution in [0.3, 0.4) is 0 Å². The number of nitrogens with zero attached hydrogens (tertiary/aromatic N) is 4. The third-order valence-corrected chi connectivity index (χ3v) is 5.72. The van der Waals surface area contributed by atoms with Gasteiger partial charge >= 0.3 is 5.97 Å². The van der Waals surface area contributed by atoms with Crippen LogP contribution in [-0.2, 0) is 9.53 Å². The number of nitrogens with one attached hydrogen (secondary N) is 1. The number of amides is 2. The van der Waals surface area contributed by atoms with Crippen molar-refractivity contribution in [3.63, 3.8) is 0 Å². The number of hydrogen-bond acceptors (Lipinski definition) is 10. The Labute approximate surface area is 225 Å². The number of ether oxygens (including phenoxy) is 3. The SMILES string of the molecule is CCOC(=O)C(CCO)Oc1cc(Oc2ccc(C(=O)N3CCC3)nc2)cc(C(=O)Nc2cnc(C)cn2)c1. The number of aryl methyl sites for hydroxylation is 1. The molecule has 0 spiro atoms. The number of carbonyl (C=O) groups is 3. The minimum absolute atomic E-state index is 0.0131. The molecule has 0 radical (unpaired) electrons. The minimum atomic E-state index is -1.10. The fourth-order valence-electron chi connectivity index (χ4n) is 3.60. The average Bonchev–Trinajstić information content (AvgIpc) is 2.89. The fourth-order valence-corrected chi connectivity index (χ4v) is 3.60. The predicted molar refractivity (Wildman–Crippen MR) is 139 cm³/mol. The summed E-state index contributed by atoms with van der Waals surface area (Å²) in [6.45, 7) is 4.70. The van der Waals surface area contributed by atoms with E-state index in [1.54, 1.807) is 30.9 Å². The van der Waals surface area contributed by atoms with Crippen molar-refractivity contribution in [2.75, 3.05) is 31.6 Å². The number of carbonyl (C=O) groups excluding carboxylic acids is 3. The topological polar surface area (TPSA) is 153 Å². The van der Waals surface area contributed by atoms with E-state index in [0.29, 0.717) is 30.2 Å². The highest BCUT2D eigenvalue weighted by Gasteiger charge is 2.24. The van der Waals surface area contributed by atoms with E-state index in [0.717, 1.165) is 6.42 Å². The van der Waals surface area contributed by atoms with Crippen LogP contribution < -0.4 is 14.8 Å². The highest BCUT2D eigenvalue weighted by atomic mass is 16.6. The number of pyridine rings is 1. The van der Waals surface area contributed by atoms with Gasteiger partial charge in [0.05, 0.1) is 30.9 Å². The molecule has 3 heterocycles. The van der Waals surface area contributed by atoms with Crippen molar-refractivity contribution in [3.05, 3.63) is 65.9 Å². The smallest absolute Gasteiger partial charge is 0.347 e. The van der Waals surface area contributed by atoms with Crippen LogP contribution in [0.25, 0.3) is 0 Å². The van der Waals surface area contributed by atoms with Crippen molar-refractivity contribution < 1.29 is 33.7 Å². The van der Waals surface area contributed by atoms with Gasteiger partial charge in [-0.3, -0.25) is 14.6 Å². The second-order valence-electron chi connectivity index (χ2n) is 8.69. The first-order chi connectivity index (χ1) is 18.9. The number of aliphatic hydroxyl groups excluding tert-OH is 1. The Hall–Kier alpha value is -4.58. The molecule has 2 amide bonds. The molecule has 4 rings (SSSR count). The summed E-state index contributed by atoms with van der Waals surface area (Å²) in [5, 5.41) is 12.1. The highest BCUT2D eigenvalue weighted by molar-refractivity contribution is 6.04. The third kappa shape index (κ3) is 7.26. The van der Waals surface area contributed by atoms with Crippen molar-refractivity contribution in [1.29, 1.82) is 0 Å². The molecule has 0 bridgehead atoms. The summed E-state index contributed by atoms with van der Waals surface area (Å²) in [5.41, 5.74) is 1.15. The summed E-state index contributed by atoms with van der Waals surface area (Å²) in [4.78, 5) is 51.9. The lowest BCUT2D eigenvalue weighted by Crippen LogP contribution is -2.42. The van der Waals surface area contributed by atoms with Crippen molar-refractivity contribution in [2.24, 2.45) is 0 Å². The first kappa shape index (κ1) is 27.5. The van der Waals surface area contributed by atoms with E-state index in [4.69, 9.17) is 14.2 Å². The number of likely N-dealkylation sites (tertiary alicyclic amines) is 1. The normalized spacial score (nSPS) is 13.2. The van der Waals surface area contributed by atoms with Crippen molar-refractivity contribution in [1.82, 2.24) is 19.9 Å². The highest BCUT2D eigenvalue weighted by Crippen LogP contribution is 2.29. The third-order valence-electron chi connectivity index (χ3n) is 5.72. The van der Waals surface area contributed by atoms with Gasteiger partial charge in [-0.05, 0) is 44.5 Å². The van der Waals surface area contributed by atoms with Gasteiger partial charge in [-0.15, -0.1) is 0 Å². The molecule has 39 heavy (non-hydrogen) atoms. The molecule has 1 aromatic carbocycles. The Morgan fingerprint density at radius 1 is 1.03 bits per heavy atom. The number of hydrogen-bond donors (Lipinski definition) is 2. The van der Waals surface area contributed by atoms with Crippen LogP contribution in [0.5, 0.6) is 17.2 Å². The second-order valence-corrected chi connectivity index (χ2v) is 8.69. The van der Waals surface area contributed by atoms with Crippen LogP contribution in [0.2, 0.25) is 0 Å². The molecule has 0 saturated carbocycles. The summed E-state index contributed by atoms with van der Waals surface area (Å²) >= 11 is 0. The van der Waals surface area contributed by atoms with Gasteiger partial charge in [-0.2, -0.15) is 0 Å². The van der Waals surface area contributed by atoms with Gasteiger partial charge in [0.25, 0.3) is 11.8 Å². The Kier molecular flexibility index (Phi) is 9.00. The van der Waals surface area contributed by atoms with E-state index in [2.05, 4.69) is 20.3 Å². The average molecular weight is 536 g/mol. The summed E-state index contributed by atoms with van der Waals surface area (Å²) in [5.74, 6) is -0.400. The minimum Gasteiger partial charge on any atom is -0.478 e. The molecule has 204 valence electrons. The molecule has 2 N–H and O–H groups in total. The van der Waals surface area contributed by atoms with Crippen LogP contribution >= 0.6 is 0 Å². The number of esters is 1. The number of aromatic nitrogens is 3. The molecule has 1 saturated heterocycles. The number of rotatable bonds is 11. The summed E-state index contributed by atoms with van der Waals surface area (Å²) in [6.07, 6.45) is 4.23. The van der Waals surface area contributed by atoms with E-state index >= 15 is 0 Å². The van der Waals surface area contributed by atoms with Crippen LogP contribution in [-0.4, -0.2) is 75.1 Å². The molecule has 1 aliphatic heterocycles. The molecule has 2 aromatic heterocycles. The molecule has 12 nitrogen and oxygen atoms in total. The van der Waals surface area contributed by atoms with Crippen LogP contribution in [0.15, 0.2) is 48.9 Å². The van der Waals surface area contributed by atoms with Gasteiger partial charge in [0.2, 0.25) is 0 Å². The maximum absolute atomic E-state index is 13.0. The van der Waals surface area contributed by atoms with Crippen LogP contribution in [0, 0.1) is 6.92 Å². The molecular weight excluding hydrogens is 506 g/mol. The summed E-state index contributed by atoms with van der Waals surface area (Å²) in [7, 11) is 0. The van der Waals surface area contributed by atoms with E-state index in [-0.39, 0.29) is 48.4 Å². The van der Waals surface area contributed by atoms with Crippen molar-refractivity contribution in [3.8, 4) is 17.2 Å². The maximum atomic E-state index is 13.0. The first-order valence-electron chi connectivity index (χ1n) is 12.5. The second kappa shape index (κ2) is 12.8. The predicted octanol–water partition coefficient (Wildman–Crippen LogP) is 2.76. The van der Waals surface area contributed by atoms with Crippen molar-refractivity contribution >= 4 is 23.6 Å². The molecule has 0 aliphatic carbocycles. The molecule has 1 aliphatic rings. The van der Waals surface area contributed by atoms with E-state index in [1.807, 2.05) is 0 Å². The van der Waals surface area contributed by atoms with Gasteiger partial charge < -0.3 is 29.5 Å². The standard InChI is InChI=1S/C27H29N5O7/c1-3-37-27(36)23(7-10-33)39-21-12-18(25(34)31-24-16-28-17(2)14-30-24)11-20(13-21)38-19-5-6-22(29-15-19)26(35)32-8-4-9-32/h5-6,11-16,23,33H,3-4,7-10H2,1-2H3,(H,30,31,34). The molecular formula is C27H29N5O7. The van der Waals surface area contributed by atoms with Crippen molar-refractivity contribution in [2.45, 2.75) is 32.8 Å². The van der Waals surface area contributed by atoms with Gasteiger partial charge in [0.15, 0.2) is 11.9 Å². The molecule has 1 atom stereocenters. The monoisotopic (exact) mass is 535 g/mol. The zero-order chi connectivity index (χ0) is 27.8. The largest absolute Gasteiger partial charge is 0.478 e. The fraction of sp³-hybridized carbons (Fsp3) is 0.333. The number of anilines is 1. The molecule has 3 aromatic rings. The van der Waals surface area contributed by atoms with E-state index in [1.165, 1.54) is 36.8 Å². The Balaban J connectivity index is 1.58. The van der Waals surface area contributed by atoms with E-state index < -0.39 is 18.0 Å². The van der Waals surface area contributed by atoms with Gasteiger partial charge in [-0.25, -0.2) is 14.8 Å². The van der Waals surface area contributed by atoms with Gasteiger partial charge in [0.1, 0.15) is 22.9 Å². The maximum Gasteiger partial charge on any atom is 0.347 e. The quantitative estimate of drug-likeness (QED) is 0.350. The molecule has 1 fully saturated rings. The molecule has 12 heteroatoms. The number of benzene rings is 1. The summed E-state index contributed by atoms with van der Waals surface area (Å²) in [6, 6.07) is 7.57. The summed E-state index contributed by atoms with van der Waals surface area (Å²) < 4.78 is 16.8. The lowest BCUT2D eigenvalue weighted by Gasteiger charge is -2.30. The van der Waals surface area contributed by atoms with Gasteiger partial charge in [-0.1, -0.05) is 0 Å². The van der Waals surface area contributed by atoms with Gasteiger partial charge in [0, 0.05) is 37.7 Å². The van der Waals surface area contributed by atoms with E-state index in [9.17, 15) is 19.5 Å². The van der Waals surface area contributed by atoms with Crippen LogP contribution in [0.4, 0.5) is 5.82 Å². The Morgan fingerprint density at radius 3 is 2.44 bits per heavy atom. The lowest BCUT2D eigenvalue weighted by atomic mass is 10.1. The Bertz CT molecular complexity index is 1310. The lowest BCUT2D eigenvalue weighted by molar-refractivity contribution is -0.152. The number of aliphatic hydroxyl groups is 1.